The maximum absolute atomic E-state index is 10.7. The highest BCUT2D eigenvalue weighted by molar-refractivity contribution is 5.75. The number of cyclic esters (lactones) is 1. The van der Waals surface area contributed by atoms with E-state index in [1.165, 1.54) is 0 Å². The van der Waals surface area contributed by atoms with Gasteiger partial charge in [-0.1, -0.05) is 0 Å². The second-order valence-corrected chi connectivity index (χ2v) is 2.62. The summed E-state index contributed by atoms with van der Waals surface area (Å²) in [5.74, 6) is -1.04. The molecule has 0 bridgehead atoms. The zero-order chi connectivity index (χ0) is 9.30. The van der Waals surface area contributed by atoms with Crippen LogP contribution in [0.1, 0.15) is 0 Å². The first-order chi connectivity index (χ1) is 5.54. The van der Waals surface area contributed by atoms with Crippen LogP contribution in [-0.2, 0) is 9.53 Å². The van der Waals surface area contributed by atoms with E-state index in [0.717, 1.165) is 0 Å². The van der Waals surface area contributed by atoms with E-state index in [2.05, 4.69) is 4.74 Å². The minimum Gasteiger partial charge on any atom is -0.461 e. The van der Waals surface area contributed by atoms with Crippen LogP contribution in [0.25, 0.3) is 0 Å². The molecule has 0 aromatic carbocycles. The van der Waals surface area contributed by atoms with Crippen LogP contribution in [0.15, 0.2) is 0 Å². The third-order valence-electron chi connectivity index (χ3n) is 1.71. The molecule has 1 fully saturated rings. The summed E-state index contributed by atoms with van der Waals surface area (Å²) in [4.78, 5) is 10.7. The first-order valence-corrected chi connectivity index (χ1v) is 3.43. The number of aliphatic hydroxyl groups is 4. The van der Waals surface area contributed by atoms with Crippen molar-refractivity contribution in [1.82, 2.24) is 0 Å². The fraction of sp³-hybridized carbons (Fsp3) is 0.833. The normalized spacial score (nSPS) is 43.5. The van der Waals surface area contributed by atoms with E-state index in [0.29, 0.717) is 0 Å². The summed E-state index contributed by atoms with van der Waals surface area (Å²) >= 11 is 0. The molecule has 1 aliphatic heterocycles. The van der Waals surface area contributed by atoms with Gasteiger partial charge in [-0.3, -0.25) is 0 Å². The van der Waals surface area contributed by atoms with Crippen molar-refractivity contribution in [2.24, 2.45) is 0 Å². The van der Waals surface area contributed by atoms with Crippen molar-refractivity contribution < 1.29 is 30.0 Å². The minimum atomic E-state index is -1.79. The van der Waals surface area contributed by atoms with Crippen molar-refractivity contribution in [3.05, 3.63) is 0 Å². The predicted octanol–water partition coefficient (Wildman–Crippen LogP) is -3.01. The van der Waals surface area contributed by atoms with Gasteiger partial charge < -0.3 is 25.2 Å². The van der Waals surface area contributed by atoms with Gasteiger partial charge >= 0.3 is 5.97 Å². The maximum Gasteiger partial charge on any atom is 0.337 e. The molecule has 1 rings (SSSR count). The van der Waals surface area contributed by atoms with E-state index in [-0.39, 0.29) is 0 Å². The van der Waals surface area contributed by atoms with Gasteiger partial charge in [-0.15, -0.1) is 0 Å². The summed E-state index contributed by atoms with van der Waals surface area (Å²) in [6, 6.07) is 0. The van der Waals surface area contributed by atoms with Gasteiger partial charge in [-0.25, -0.2) is 4.79 Å². The molecular formula is C6H10O6. The van der Waals surface area contributed by atoms with E-state index in [9.17, 15) is 4.79 Å². The van der Waals surface area contributed by atoms with Crippen LogP contribution in [0.4, 0.5) is 0 Å². The van der Waals surface area contributed by atoms with E-state index in [4.69, 9.17) is 20.4 Å². The Hall–Kier alpha value is -0.690. The standard InChI is InChI=1S/C6H10O6/c7-2-1-12-6(11)5(10)4(9)3(2)8/h2-5,7-10H,1H2/t2-,3+,4+,5+/m1/s1. The molecule has 4 atom stereocenters. The third kappa shape index (κ3) is 1.56. The van der Waals surface area contributed by atoms with Crippen molar-refractivity contribution >= 4 is 5.97 Å². The molecule has 4 N–H and O–H groups in total. The van der Waals surface area contributed by atoms with Gasteiger partial charge in [0.1, 0.15) is 24.9 Å². The average molecular weight is 178 g/mol. The lowest BCUT2D eigenvalue weighted by atomic mass is 10.1. The van der Waals surface area contributed by atoms with E-state index < -0.39 is 37.0 Å². The summed E-state index contributed by atoms with van der Waals surface area (Å²) in [6.45, 7) is -0.422. The lowest BCUT2D eigenvalue weighted by Gasteiger charge is -2.18. The van der Waals surface area contributed by atoms with Crippen molar-refractivity contribution in [3.63, 3.8) is 0 Å². The van der Waals surface area contributed by atoms with Gasteiger partial charge in [0.05, 0.1) is 0 Å². The maximum atomic E-state index is 10.7. The molecule has 0 saturated carbocycles. The Morgan fingerprint density at radius 1 is 1.17 bits per heavy atom. The molecule has 1 saturated heterocycles. The molecule has 0 unspecified atom stereocenters. The molecule has 0 radical (unpaired) electrons. The number of rotatable bonds is 0. The first-order valence-electron chi connectivity index (χ1n) is 3.43. The van der Waals surface area contributed by atoms with Gasteiger partial charge in [0, 0.05) is 0 Å². The summed E-state index contributed by atoms with van der Waals surface area (Å²) in [5.41, 5.74) is 0. The molecule has 6 heteroatoms. The molecule has 1 aliphatic rings. The molecular weight excluding hydrogens is 168 g/mol. The fourth-order valence-electron chi connectivity index (χ4n) is 0.905. The zero-order valence-corrected chi connectivity index (χ0v) is 6.12. The molecule has 0 aliphatic carbocycles. The third-order valence-corrected chi connectivity index (χ3v) is 1.71. The highest BCUT2D eigenvalue weighted by atomic mass is 16.6. The van der Waals surface area contributed by atoms with Crippen LogP contribution in [0, 0.1) is 0 Å². The highest BCUT2D eigenvalue weighted by Crippen LogP contribution is 2.11. The van der Waals surface area contributed by atoms with E-state index in [1.807, 2.05) is 0 Å². The topological polar surface area (TPSA) is 107 Å². The van der Waals surface area contributed by atoms with Crippen LogP contribution in [0.2, 0.25) is 0 Å². The van der Waals surface area contributed by atoms with Crippen molar-refractivity contribution in [1.29, 1.82) is 0 Å². The fourth-order valence-corrected chi connectivity index (χ4v) is 0.905. The second-order valence-electron chi connectivity index (χ2n) is 2.62. The Morgan fingerprint density at radius 3 is 2.33 bits per heavy atom. The van der Waals surface area contributed by atoms with Crippen molar-refractivity contribution in [2.75, 3.05) is 6.61 Å². The number of hydrogen-bond acceptors (Lipinski definition) is 6. The van der Waals surface area contributed by atoms with E-state index in [1.54, 1.807) is 0 Å². The molecule has 0 aromatic rings. The van der Waals surface area contributed by atoms with Crippen molar-refractivity contribution in [2.45, 2.75) is 24.4 Å². The van der Waals surface area contributed by atoms with Gasteiger partial charge in [-0.2, -0.15) is 0 Å². The average Bonchev–Trinajstić information content (AvgIpc) is 2.14. The molecule has 0 aromatic heterocycles. The van der Waals surface area contributed by atoms with Crippen LogP contribution >= 0.6 is 0 Å². The lowest BCUT2D eigenvalue weighted by molar-refractivity contribution is -0.158. The van der Waals surface area contributed by atoms with Gasteiger partial charge in [0.25, 0.3) is 0 Å². The van der Waals surface area contributed by atoms with Crippen LogP contribution in [0.5, 0.6) is 0 Å². The number of esters is 1. The molecule has 0 amide bonds. The monoisotopic (exact) mass is 178 g/mol. The molecule has 1 heterocycles. The Morgan fingerprint density at radius 2 is 1.75 bits per heavy atom. The zero-order valence-electron chi connectivity index (χ0n) is 6.12. The number of carbonyl (C=O) groups is 1. The molecule has 6 nitrogen and oxygen atoms in total. The summed E-state index contributed by atoms with van der Waals surface area (Å²) < 4.78 is 4.31. The Kier molecular flexibility index (Phi) is 2.63. The smallest absolute Gasteiger partial charge is 0.337 e. The first kappa shape index (κ1) is 9.40. The van der Waals surface area contributed by atoms with Gasteiger partial charge in [0.2, 0.25) is 0 Å². The highest BCUT2D eigenvalue weighted by Gasteiger charge is 2.39. The van der Waals surface area contributed by atoms with E-state index >= 15 is 0 Å². The van der Waals surface area contributed by atoms with Crippen molar-refractivity contribution in [3.8, 4) is 0 Å². The van der Waals surface area contributed by atoms with Crippen LogP contribution in [-0.4, -0.2) is 57.4 Å². The van der Waals surface area contributed by atoms with Crippen LogP contribution < -0.4 is 0 Å². The Labute approximate surface area is 68.0 Å². The summed E-state index contributed by atoms with van der Waals surface area (Å²) in [5, 5.41) is 35.9. The Balaban J connectivity index is 2.75. The van der Waals surface area contributed by atoms with Gasteiger partial charge in [0.15, 0.2) is 6.10 Å². The molecule has 70 valence electrons. The van der Waals surface area contributed by atoms with Gasteiger partial charge in [-0.05, 0) is 0 Å². The minimum absolute atomic E-state index is 0.422. The molecule has 12 heavy (non-hydrogen) atoms. The Bertz CT molecular complexity index is 181. The SMILES string of the molecule is O=C1OC[C@@H](O)[C@H](O)[C@H](O)[C@@H]1O. The predicted molar refractivity (Wildman–Crippen MR) is 35.0 cm³/mol. The molecule has 0 spiro atoms. The number of carbonyl (C=O) groups excluding carboxylic acids is 1. The number of ether oxygens (including phenoxy) is 1. The quantitative estimate of drug-likeness (QED) is 0.294. The summed E-state index contributed by atoms with van der Waals surface area (Å²) in [7, 11) is 0. The summed E-state index contributed by atoms with van der Waals surface area (Å²) in [6.07, 6.45) is -6.42. The second kappa shape index (κ2) is 3.36. The largest absolute Gasteiger partial charge is 0.461 e. The lowest BCUT2D eigenvalue weighted by Crippen LogP contribution is -2.44. The number of aliphatic hydroxyl groups excluding tert-OH is 4. The van der Waals surface area contributed by atoms with Crippen LogP contribution in [0.3, 0.4) is 0 Å². The number of hydrogen-bond donors (Lipinski definition) is 4.